The minimum Gasteiger partial charge on any atom is -0.273 e. The van der Waals surface area contributed by atoms with Gasteiger partial charge in [-0.1, -0.05) is 57.5 Å². The summed E-state index contributed by atoms with van der Waals surface area (Å²) in [6.07, 6.45) is 3.60. The highest BCUT2D eigenvalue weighted by Crippen LogP contribution is 2.08. The van der Waals surface area contributed by atoms with E-state index in [9.17, 15) is 4.79 Å². The number of hydrogen-bond donors (Lipinski definition) is 1. The zero-order valence-corrected chi connectivity index (χ0v) is 12.1. The Morgan fingerprint density at radius 1 is 1.26 bits per heavy atom. The van der Waals surface area contributed by atoms with Crippen LogP contribution in [0.2, 0.25) is 0 Å². The molecule has 0 atom stereocenters. The van der Waals surface area contributed by atoms with Gasteiger partial charge in [-0.15, -0.1) is 0 Å². The van der Waals surface area contributed by atoms with Gasteiger partial charge in [0.05, 0.1) is 5.71 Å². The van der Waals surface area contributed by atoms with Crippen LogP contribution in [-0.2, 0) is 4.79 Å². The lowest BCUT2D eigenvalue weighted by atomic mass is 10.1. The molecule has 0 radical (unpaired) electrons. The van der Waals surface area contributed by atoms with Crippen LogP contribution in [0, 0.1) is 5.92 Å². The van der Waals surface area contributed by atoms with E-state index in [0.717, 1.165) is 30.5 Å². The molecule has 3 nitrogen and oxygen atoms in total. The van der Waals surface area contributed by atoms with Crippen molar-refractivity contribution in [1.82, 2.24) is 5.43 Å². The van der Waals surface area contributed by atoms with Gasteiger partial charge < -0.3 is 0 Å². The first kappa shape index (κ1) is 15.4. The smallest absolute Gasteiger partial charge is 0.240 e. The van der Waals surface area contributed by atoms with Crippen LogP contribution in [-0.4, -0.2) is 11.6 Å². The average molecular weight is 260 g/mol. The Morgan fingerprint density at radius 2 is 1.95 bits per heavy atom. The van der Waals surface area contributed by atoms with Crippen LogP contribution in [0.4, 0.5) is 0 Å². The molecule has 0 aliphatic rings. The predicted molar refractivity (Wildman–Crippen MR) is 80.1 cm³/mol. The summed E-state index contributed by atoms with van der Waals surface area (Å²) in [5.74, 6) is 0.339. The van der Waals surface area contributed by atoms with Crippen molar-refractivity contribution in [2.24, 2.45) is 11.0 Å². The normalized spacial score (nSPS) is 11.7. The molecule has 0 aromatic heterocycles. The summed E-state index contributed by atoms with van der Waals surface area (Å²) in [5.41, 5.74) is 4.71. The third-order valence-electron chi connectivity index (χ3n) is 2.78. The molecular formula is C16H24N2O. The number of carbonyl (C=O) groups is 1. The van der Waals surface area contributed by atoms with E-state index in [0.29, 0.717) is 12.3 Å². The molecule has 0 heterocycles. The molecule has 0 saturated heterocycles. The van der Waals surface area contributed by atoms with Crippen molar-refractivity contribution >= 4 is 11.6 Å². The summed E-state index contributed by atoms with van der Waals surface area (Å²) in [7, 11) is 0. The molecule has 0 bridgehead atoms. The molecule has 0 spiro atoms. The van der Waals surface area contributed by atoms with E-state index >= 15 is 0 Å². The second kappa shape index (κ2) is 8.46. The first-order chi connectivity index (χ1) is 9.13. The Hall–Kier alpha value is -1.64. The standard InChI is InChI=1S/C16H24N2O/c1-4-5-11-15(14-9-7-6-8-10-14)17-18-16(19)12-13(2)3/h6-10,13H,4-5,11-12H2,1-3H3,(H,18,19). The van der Waals surface area contributed by atoms with Crippen molar-refractivity contribution in [2.75, 3.05) is 0 Å². The van der Waals surface area contributed by atoms with Gasteiger partial charge in [-0.25, -0.2) is 5.43 Å². The lowest BCUT2D eigenvalue weighted by Gasteiger charge is -2.08. The summed E-state index contributed by atoms with van der Waals surface area (Å²) in [6.45, 7) is 6.21. The molecule has 104 valence electrons. The number of amides is 1. The zero-order chi connectivity index (χ0) is 14.1. The van der Waals surface area contributed by atoms with Gasteiger partial charge in [0, 0.05) is 6.42 Å². The molecule has 0 aliphatic heterocycles. The molecular weight excluding hydrogens is 236 g/mol. The predicted octanol–water partition coefficient (Wildman–Crippen LogP) is 3.74. The number of hydrazone groups is 1. The van der Waals surface area contributed by atoms with Gasteiger partial charge >= 0.3 is 0 Å². The molecule has 1 N–H and O–H groups in total. The monoisotopic (exact) mass is 260 g/mol. The van der Waals surface area contributed by atoms with Crippen molar-refractivity contribution in [2.45, 2.75) is 46.5 Å². The third-order valence-corrected chi connectivity index (χ3v) is 2.78. The number of carbonyl (C=O) groups excluding carboxylic acids is 1. The van der Waals surface area contributed by atoms with E-state index in [1.54, 1.807) is 0 Å². The van der Waals surface area contributed by atoms with Crippen LogP contribution in [0.5, 0.6) is 0 Å². The highest BCUT2D eigenvalue weighted by molar-refractivity contribution is 6.01. The molecule has 0 fully saturated rings. The molecule has 19 heavy (non-hydrogen) atoms. The van der Waals surface area contributed by atoms with Gasteiger partial charge in [-0.2, -0.15) is 5.10 Å². The Morgan fingerprint density at radius 3 is 2.53 bits per heavy atom. The van der Waals surface area contributed by atoms with Gasteiger partial charge in [-0.3, -0.25) is 4.79 Å². The van der Waals surface area contributed by atoms with E-state index in [1.807, 2.05) is 44.2 Å². The Kier molecular flexibility index (Phi) is 6.86. The fourth-order valence-corrected chi connectivity index (χ4v) is 1.79. The number of nitrogens with zero attached hydrogens (tertiary/aromatic N) is 1. The molecule has 0 unspecified atom stereocenters. The molecule has 1 aromatic carbocycles. The first-order valence-corrected chi connectivity index (χ1v) is 7.04. The average Bonchev–Trinajstić information content (AvgIpc) is 2.39. The van der Waals surface area contributed by atoms with Gasteiger partial charge in [0.25, 0.3) is 0 Å². The van der Waals surface area contributed by atoms with Crippen LogP contribution in [0.15, 0.2) is 35.4 Å². The van der Waals surface area contributed by atoms with Crippen molar-refractivity contribution < 1.29 is 4.79 Å². The highest BCUT2D eigenvalue weighted by Gasteiger charge is 2.06. The SMILES string of the molecule is CCCCC(=NNC(=O)CC(C)C)c1ccccc1. The second-order valence-corrected chi connectivity index (χ2v) is 5.16. The molecule has 0 aliphatic carbocycles. The fourth-order valence-electron chi connectivity index (χ4n) is 1.79. The fraction of sp³-hybridized carbons (Fsp3) is 0.500. The molecule has 1 rings (SSSR count). The molecule has 1 aromatic rings. The van der Waals surface area contributed by atoms with Gasteiger partial charge in [0.2, 0.25) is 5.91 Å². The number of hydrogen-bond acceptors (Lipinski definition) is 2. The van der Waals surface area contributed by atoms with Crippen LogP contribution in [0.1, 0.15) is 52.0 Å². The lowest BCUT2D eigenvalue weighted by molar-refractivity contribution is -0.121. The number of rotatable bonds is 7. The van der Waals surface area contributed by atoms with Crippen molar-refractivity contribution in [1.29, 1.82) is 0 Å². The maximum Gasteiger partial charge on any atom is 0.240 e. The Balaban J connectivity index is 2.71. The lowest BCUT2D eigenvalue weighted by Crippen LogP contribution is -2.21. The molecule has 0 saturated carbocycles. The molecule has 1 amide bonds. The van der Waals surface area contributed by atoms with Crippen molar-refractivity contribution in [3.63, 3.8) is 0 Å². The summed E-state index contributed by atoms with van der Waals surface area (Å²) in [5, 5.41) is 4.30. The quantitative estimate of drug-likeness (QED) is 0.589. The summed E-state index contributed by atoms with van der Waals surface area (Å²) < 4.78 is 0. The zero-order valence-electron chi connectivity index (χ0n) is 12.1. The van der Waals surface area contributed by atoms with Crippen LogP contribution in [0.25, 0.3) is 0 Å². The summed E-state index contributed by atoms with van der Waals surface area (Å²) in [4.78, 5) is 11.6. The number of benzene rings is 1. The van der Waals surface area contributed by atoms with E-state index in [1.165, 1.54) is 0 Å². The highest BCUT2D eigenvalue weighted by atomic mass is 16.2. The maximum absolute atomic E-state index is 11.6. The largest absolute Gasteiger partial charge is 0.273 e. The number of unbranched alkanes of at least 4 members (excludes halogenated alkanes) is 1. The van der Waals surface area contributed by atoms with Crippen LogP contribution >= 0.6 is 0 Å². The minimum absolute atomic E-state index is 0.0140. The van der Waals surface area contributed by atoms with Crippen molar-refractivity contribution in [3.8, 4) is 0 Å². The summed E-state index contributed by atoms with van der Waals surface area (Å²) >= 11 is 0. The van der Waals surface area contributed by atoms with Crippen LogP contribution < -0.4 is 5.43 Å². The number of nitrogens with one attached hydrogen (secondary N) is 1. The van der Waals surface area contributed by atoms with Crippen molar-refractivity contribution in [3.05, 3.63) is 35.9 Å². The van der Waals surface area contributed by atoms with Gasteiger partial charge in [-0.05, 0) is 24.3 Å². The van der Waals surface area contributed by atoms with E-state index in [2.05, 4.69) is 17.5 Å². The Labute approximate surface area is 116 Å². The Bertz CT molecular complexity index is 410. The van der Waals surface area contributed by atoms with E-state index < -0.39 is 0 Å². The van der Waals surface area contributed by atoms with Crippen LogP contribution in [0.3, 0.4) is 0 Å². The minimum atomic E-state index is -0.0140. The van der Waals surface area contributed by atoms with Gasteiger partial charge in [0.1, 0.15) is 0 Å². The molecule has 3 heteroatoms. The third kappa shape index (κ3) is 6.18. The van der Waals surface area contributed by atoms with E-state index in [-0.39, 0.29) is 5.91 Å². The maximum atomic E-state index is 11.6. The van der Waals surface area contributed by atoms with Gasteiger partial charge in [0.15, 0.2) is 0 Å². The summed E-state index contributed by atoms with van der Waals surface area (Å²) in [6, 6.07) is 10.0. The van der Waals surface area contributed by atoms with E-state index in [4.69, 9.17) is 0 Å². The second-order valence-electron chi connectivity index (χ2n) is 5.16. The first-order valence-electron chi connectivity index (χ1n) is 7.04. The topological polar surface area (TPSA) is 41.5 Å².